The molecule has 2 aromatic heterocycles. The van der Waals surface area contributed by atoms with Crippen molar-refractivity contribution in [1.82, 2.24) is 9.38 Å². The number of imidazole rings is 1. The van der Waals surface area contributed by atoms with Crippen molar-refractivity contribution in [2.45, 2.75) is 0 Å². The Bertz CT molecular complexity index is 1030. The Hall–Kier alpha value is -3.18. The molecule has 4 aromatic rings. The summed E-state index contributed by atoms with van der Waals surface area (Å²) < 4.78 is 1.90. The van der Waals surface area contributed by atoms with E-state index in [-0.39, 0.29) is 5.91 Å². The fraction of sp³-hybridized carbons (Fsp3) is 0. The number of benzene rings is 2. The van der Waals surface area contributed by atoms with Gasteiger partial charge in [-0.05, 0) is 11.6 Å². The molecule has 0 radical (unpaired) electrons. The molecule has 122 valence electrons. The zero-order chi connectivity index (χ0) is 17.1. The molecule has 25 heavy (non-hydrogen) atoms. The molecule has 0 aliphatic rings. The first-order valence-electron chi connectivity index (χ1n) is 7.86. The Morgan fingerprint density at radius 3 is 2.52 bits per heavy atom. The first kappa shape index (κ1) is 15.4. The molecule has 1 amide bonds. The monoisotopic (exact) mass is 345 g/mol. The molecule has 0 spiro atoms. The van der Waals surface area contributed by atoms with E-state index >= 15 is 0 Å². The number of nitrogens with zero attached hydrogens (tertiary/aromatic N) is 2. The lowest BCUT2D eigenvalue weighted by Crippen LogP contribution is -2.10. The van der Waals surface area contributed by atoms with Crippen LogP contribution >= 0.6 is 11.3 Å². The molecular weight excluding hydrogens is 330 g/mol. The van der Waals surface area contributed by atoms with Crippen molar-refractivity contribution in [3.8, 4) is 11.3 Å². The van der Waals surface area contributed by atoms with Gasteiger partial charge in [0.25, 0.3) is 0 Å². The second-order valence-electron chi connectivity index (χ2n) is 5.46. The molecule has 0 saturated heterocycles. The van der Waals surface area contributed by atoms with Gasteiger partial charge in [0, 0.05) is 23.2 Å². The van der Waals surface area contributed by atoms with Crippen molar-refractivity contribution in [2.24, 2.45) is 0 Å². The topological polar surface area (TPSA) is 46.4 Å². The number of thiazole rings is 1. The number of rotatable bonds is 4. The summed E-state index contributed by atoms with van der Waals surface area (Å²) >= 11 is 1.54. The van der Waals surface area contributed by atoms with Crippen LogP contribution in [0.2, 0.25) is 0 Å². The van der Waals surface area contributed by atoms with E-state index in [4.69, 9.17) is 0 Å². The van der Waals surface area contributed by atoms with Crippen molar-refractivity contribution in [3.63, 3.8) is 0 Å². The number of fused-ring (bicyclic) bond motifs is 1. The summed E-state index contributed by atoms with van der Waals surface area (Å²) in [5.74, 6) is 0.499. The number of hydrogen-bond donors (Lipinski definition) is 1. The first-order chi connectivity index (χ1) is 12.3. The molecule has 4 rings (SSSR count). The van der Waals surface area contributed by atoms with Crippen molar-refractivity contribution in [3.05, 3.63) is 83.9 Å². The predicted octanol–water partition coefficient (Wildman–Crippen LogP) is 4.71. The Morgan fingerprint density at radius 1 is 1.04 bits per heavy atom. The summed E-state index contributed by atoms with van der Waals surface area (Å²) in [5, 5.41) is 4.92. The van der Waals surface area contributed by atoms with Crippen molar-refractivity contribution in [2.75, 3.05) is 5.32 Å². The van der Waals surface area contributed by atoms with Crippen LogP contribution in [0.15, 0.2) is 78.3 Å². The van der Waals surface area contributed by atoms with Crippen LogP contribution < -0.4 is 5.32 Å². The van der Waals surface area contributed by atoms with Crippen LogP contribution in [0.1, 0.15) is 5.56 Å². The lowest BCUT2D eigenvalue weighted by molar-refractivity contribution is -0.111. The summed E-state index contributed by atoms with van der Waals surface area (Å²) in [6.07, 6.45) is 5.25. The van der Waals surface area contributed by atoms with Crippen LogP contribution in [0.25, 0.3) is 22.3 Å². The predicted molar refractivity (Wildman–Crippen MR) is 103 cm³/mol. The van der Waals surface area contributed by atoms with E-state index in [0.717, 1.165) is 21.8 Å². The smallest absolute Gasteiger partial charge is 0.249 e. The van der Waals surface area contributed by atoms with Gasteiger partial charge in [-0.15, -0.1) is 11.3 Å². The summed E-state index contributed by atoms with van der Waals surface area (Å²) in [6.45, 7) is 0. The van der Waals surface area contributed by atoms with E-state index in [0.29, 0.717) is 5.82 Å². The van der Waals surface area contributed by atoms with Crippen molar-refractivity contribution >= 4 is 34.1 Å². The maximum Gasteiger partial charge on any atom is 0.249 e. The molecule has 1 N–H and O–H groups in total. The van der Waals surface area contributed by atoms with Gasteiger partial charge in [-0.3, -0.25) is 9.20 Å². The second kappa shape index (κ2) is 6.75. The minimum Gasteiger partial charge on any atom is -0.306 e. The maximum absolute atomic E-state index is 12.4. The van der Waals surface area contributed by atoms with Gasteiger partial charge >= 0.3 is 0 Å². The van der Waals surface area contributed by atoms with Gasteiger partial charge in [-0.1, -0.05) is 60.7 Å². The molecule has 0 saturated carbocycles. The van der Waals surface area contributed by atoms with Crippen molar-refractivity contribution < 1.29 is 4.79 Å². The van der Waals surface area contributed by atoms with Crippen LogP contribution in [0.4, 0.5) is 5.82 Å². The molecule has 0 bridgehead atoms. The van der Waals surface area contributed by atoms with Crippen LogP contribution in [-0.4, -0.2) is 15.3 Å². The van der Waals surface area contributed by atoms with E-state index in [1.807, 2.05) is 76.6 Å². The Kier molecular flexibility index (Phi) is 4.14. The normalized spacial score (nSPS) is 11.2. The molecule has 2 heterocycles. The van der Waals surface area contributed by atoms with Gasteiger partial charge in [0.15, 0.2) is 4.96 Å². The van der Waals surface area contributed by atoms with Crippen LogP contribution in [0.5, 0.6) is 0 Å². The quantitative estimate of drug-likeness (QED) is 0.544. The minimum absolute atomic E-state index is 0.186. The highest BCUT2D eigenvalue weighted by atomic mass is 32.1. The Labute approximate surface area is 149 Å². The lowest BCUT2D eigenvalue weighted by Gasteiger charge is -2.05. The van der Waals surface area contributed by atoms with Gasteiger partial charge in [0.1, 0.15) is 11.5 Å². The van der Waals surface area contributed by atoms with Gasteiger partial charge < -0.3 is 5.32 Å². The van der Waals surface area contributed by atoms with E-state index in [9.17, 15) is 4.79 Å². The minimum atomic E-state index is -0.186. The molecular formula is C20H15N3OS. The average molecular weight is 345 g/mol. The molecule has 4 nitrogen and oxygen atoms in total. The van der Waals surface area contributed by atoms with Crippen LogP contribution in [0.3, 0.4) is 0 Å². The number of amides is 1. The molecule has 2 aromatic carbocycles. The largest absolute Gasteiger partial charge is 0.306 e. The third-order valence-electron chi connectivity index (χ3n) is 3.78. The third kappa shape index (κ3) is 3.22. The Morgan fingerprint density at radius 2 is 1.76 bits per heavy atom. The first-order valence-corrected chi connectivity index (χ1v) is 8.74. The van der Waals surface area contributed by atoms with E-state index in [2.05, 4.69) is 10.3 Å². The standard InChI is InChI=1S/C20H15N3OS/c24-17(12-11-15-7-3-1-4-8-15)21-19-18(16-9-5-2-6-10-16)22-20-23(19)13-14-25-20/h1-14H,(H,21,24)/b12-11+. The number of carbonyl (C=O) groups excluding carboxylic acids is 1. The molecule has 0 unspecified atom stereocenters. The zero-order valence-corrected chi connectivity index (χ0v) is 14.1. The highest BCUT2D eigenvalue weighted by Crippen LogP contribution is 2.30. The number of aromatic nitrogens is 2. The SMILES string of the molecule is O=C(/C=C/c1ccccc1)Nc1c(-c2ccccc2)nc2sccn12. The zero-order valence-electron chi connectivity index (χ0n) is 13.3. The second-order valence-corrected chi connectivity index (χ2v) is 6.34. The molecule has 0 aliphatic heterocycles. The van der Waals surface area contributed by atoms with Crippen LogP contribution in [-0.2, 0) is 4.79 Å². The van der Waals surface area contributed by atoms with E-state index < -0.39 is 0 Å². The molecule has 0 atom stereocenters. The summed E-state index contributed by atoms with van der Waals surface area (Å²) in [7, 11) is 0. The summed E-state index contributed by atoms with van der Waals surface area (Å²) in [4.78, 5) is 17.9. The van der Waals surface area contributed by atoms with Crippen molar-refractivity contribution in [1.29, 1.82) is 0 Å². The van der Waals surface area contributed by atoms with Gasteiger partial charge in [-0.25, -0.2) is 4.98 Å². The summed E-state index contributed by atoms with van der Waals surface area (Å²) in [5.41, 5.74) is 2.73. The molecule has 0 aliphatic carbocycles. The fourth-order valence-corrected chi connectivity index (χ4v) is 3.31. The average Bonchev–Trinajstić information content (AvgIpc) is 3.24. The number of carbonyl (C=O) groups is 1. The van der Waals surface area contributed by atoms with Crippen LogP contribution in [0, 0.1) is 0 Å². The number of nitrogens with one attached hydrogen (secondary N) is 1. The fourth-order valence-electron chi connectivity index (χ4n) is 2.60. The number of anilines is 1. The third-order valence-corrected chi connectivity index (χ3v) is 4.53. The van der Waals surface area contributed by atoms with Gasteiger partial charge in [0.05, 0.1) is 0 Å². The number of hydrogen-bond acceptors (Lipinski definition) is 3. The molecule has 5 heteroatoms. The maximum atomic E-state index is 12.4. The highest BCUT2D eigenvalue weighted by molar-refractivity contribution is 7.15. The highest BCUT2D eigenvalue weighted by Gasteiger charge is 2.16. The molecule has 0 fully saturated rings. The van der Waals surface area contributed by atoms with E-state index in [1.54, 1.807) is 6.08 Å². The lowest BCUT2D eigenvalue weighted by atomic mass is 10.1. The van der Waals surface area contributed by atoms with Gasteiger partial charge in [-0.2, -0.15) is 0 Å². The Balaban J connectivity index is 1.65. The van der Waals surface area contributed by atoms with E-state index in [1.165, 1.54) is 17.4 Å². The van der Waals surface area contributed by atoms with Gasteiger partial charge in [0.2, 0.25) is 5.91 Å². The summed E-state index contributed by atoms with van der Waals surface area (Å²) in [6, 6.07) is 19.6.